The third kappa shape index (κ3) is 2.04. The van der Waals surface area contributed by atoms with E-state index in [2.05, 4.69) is 28.7 Å². The molecule has 0 aromatic carbocycles. The molecular weight excluding hydrogens is 274 g/mol. The number of aryl methyl sites for hydroxylation is 3. The van der Waals surface area contributed by atoms with Crippen LogP contribution in [0.25, 0.3) is 10.2 Å². The molecule has 106 valence electrons. The van der Waals surface area contributed by atoms with Gasteiger partial charge in [0.2, 0.25) is 0 Å². The molecular formula is C14H17N3O2S. The van der Waals surface area contributed by atoms with Crippen molar-refractivity contribution in [3.05, 3.63) is 16.3 Å². The smallest absolute Gasteiger partial charge is 0.308 e. The highest BCUT2D eigenvalue weighted by Gasteiger charge is 2.30. The van der Waals surface area contributed by atoms with Crippen LogP contribution >= 0.6 is 11.3 Å². The summed E-state index contributed by atoms with van der Waals surface area (Å²) in [6.07, 6.45) is 0.683. The minimum Gasteiger partial charge on any atom is -0.481 e. The van der Waals surface area contributed by atoms with Gasteiger partial charge in [0.25, 0.3) is 0 Å². The molecule has 0 saturated carbocycles. The van der Waals surface area contributed by atoms with E-state index in [1.807, 2.05) is 6.92 Å². The Morgan fingerprint density at radius 1 is 1.35 bits per heavy atom. The van der Waals surface area contributed by atoms with E-state index < -0.39 is 5.97 Å². The number of hydrogen-bond donors (Lipinski definition) is 1. The van der Waals surface area contributed by atoms with Crippen LogP contribution in [0.4, 0.5) is 5.82 Å². The number of hydrogen-bond acceptors (Lipinski definition) is 5. The summed E-state index contributed by atoms with van der Waals surface area (Å²) >= 11 is 1.68. The first-order valence-electron chi connectivity index (χ1n) is 6.69. The summed E-state index contributed by atoms with van der Waals surface area (Å²) < 4.78 is 0. The molecule has 1 aliphatic rings. The van der Waals surface area contributed by atoms with Crippen LogP contribution in [0.3, 0.4) is 0 Å². The molecule has 20 heavy (non-hydrogen) atoms. The molecule has 0 bridgehead atoms. The van der Waals surface area contributed by atoms with Crippen molar-refractivity contribution in [2.75, 3.05) is 18.0 Å². The van der Waals surface area contributed by atoms with Gasteiger partial charge in [-0.25, -0.2) is 9.97 Å². The van der Waals surface area contributed by atoms with Gasteiger partial charge in [-0.2, -0.15) is 0 Å². The van der Waals surface area contributed by atoms with Gasteiger partial charge in [0.1, 0.15) is 16.5 Å². The van der Waals surface area contributed by atoms with Crippen LogP contribution in [0, 0.1) is 26.7 Å². The monoisotopic (exact) mass is 291 g/mol. The Morgan fingerprint density at radius 2 is 2.10 bits per heavy atom. The van der Waals surface area contributed by atoms with E-state index in [1.54, 1.807) is 11.3 Å². The highest BCUT2D eigenvalue weighted by molar-refractivity contribution is 7.18. The fraction of sp³-hybridized carbons (Fsp3) is 0.500. The summed E-state index contributed by atoms with van der Waals surface area (Å²) in [5.41, 5.74) is 1.21. The van der Waals surface area contributed by atoms with Crippen molar-refractivity contribution in [3.63, 3.8) is 0 Å². The van der Waals surface area contributed by atoms with E-state index in [4.69, 9.17) is 5.11 Å². The molecule has 0 aliphatic carbocycles. The molecule has 1 fully saturated rings. The SMILES string of the molecule is Cc1nc(N2CCC(C(=O)O)C2)c2c(C)c(C)sc2n1. The fourth-order valence-electron chi connectivity index (χ4n) is 2.72. The van der Waals surface area contributed by atoms with Crippen molar-refractivity contribution in [2.45, 2.75) is 27.2 Å². The van der Waals surface area contributed by atoms with Gasteiger partial charge in [0.05, 0.1) is 11.3 Å². The molecule has 1 atom stereocenters. The Hall–Kier alpha value is -1.69. The fourth-order valence-corrected chi connectivity index (χ4v) is 3.78. The number of rotatable bonds is 2. The standard InChI is InChI=1S/C14H17N3O2S/c1-7-8(2)20-13-11(7)12(15-9(3)16-13)17-5-4-10(6-17)14(18)19/h10H,4-6H2,1-3H3,(H,18,19). The lowest BCUT2D eigenvalue weighted by Gasteiger charge is -2.18. The average molecular weight is 291 g/mol. The lowest BCUT2D eigenvalue weighted by atomic mass is 10.1. The summed E-state index contributed by atoms with van der Waals surface area (Å²) in [6, 6.07) is 0. The molecule has 1 aliphatic heterocycles. The van der Waals surface area contributed by atoms with Crippen LogP contribution in [-0.4, -0.2) is 34.1 Å². The highest BCUT2D eigenvalue weighted by Crippen LogP contribution is 2.36. The number of carboxylic acid groups (broad SMARTS) is 1. The summed E-state index contributed by atoms with van der Waals surface area (Å²) in [7, 11) is 0. The number of fused-ring (bicyclic) bond motifs is 1. The minimum absolute atomic E-state index is 0.291. The summed E-state index contributed by atoms with van der Waals surface area (Å²) in [4.78, 5) is 24.5. The Morgan fingerprint density at radius 3 is 2.75 bits per heavy atom. The lowest BCUT2D eigenvalue weighted by molar-refractivity contribution is -0.140. The van der Waals surface area contributed by atoms with Crippen LogP contribution in [0.5, 0.6) is 0 Å². The summed E-state index contributed by atoms with van der Waals surface area (Å²) in [5, 5.41) is 10.2. The number of anilines is 1. The van der Waals surface area contributed by atoms with E-state index in [-0.39, 0.29) is 5.92 Å². The molecule has 0 amide bonds. The number of carboxylic acids is 1. The van der Waals surface area contributed by atoms with E-state index in [0.717, 1.165) is 28.4 Å². The van der Waals surface area contributed by atoms with Crippen LogP contribution in [0.1, 0.15) is 22.7 Å². The number of thiophene rings is 1. The highest BCUT2D eigenvalue weighted by atomic mass is 32.1. The molecule has 1 unspecified atom stereocenters. The Kier molecular flexibility index (Phi) is 3.12. The van der Waals surface area contributed by atoms with Gasteiger partial charge in [-0.15, -0.1) is 11.3 Å². The van der Waals surface area contributed by atoms with Crippen molar-refractivity contribution in [3.8, 4) is 0 Å². The van der Waals surface area contributed by atoms with Crippen molar-refractivity contribution >= 4 is 33.3 Å². The number of carbonyl (C=O) groups is 1. The van der Waals surface area contributed by atoms with Crippen molar-refractivity contribution in [1.82, 2.24) is 9.97 Å². The molecule has 3 heterocycles. The van der Waals surface area contributed by atoms with E-state index in [0.29, 0.717) is 13.0 Å². The zero-order valence-electron chi connectivity index (χ0n) is 11.8. The first-order chi connectivity index (χ1) is 9.47. The number of nitrogens with zero attached hydrogens (tertiary/aromatic N) is 3. The molecule has 5 nitrogen and oxygen atoms in total. The maximum Gasteiger partial charge on any atom is 0.308 e. The minimum atomic E-state index is -0.715. The van der Waals surface area contributed by atoms with Crippen molar-refractivity contribution in [2.24, 2.45) is 5.92 Å². The van der Waals surface area contributed by atoms with Gasteiger partial charge in [0.15, 0.2) is 0 Å². The maximum atomic E-state index is 11.1. The van der Waals surface area contributed by atoms with E-state index in [1.165, 1.54) is 10.4 Å². The molecule has 0 spiro atoms. The van der Waals surface area contributed by atoms with Gasteiger partial charge in [-0.1, -0.05) is 0 Å². The Labute approximate surface area is 121 Å². The van der Waals surface area contributed by atoms with Crippen LogP contribution in [0.2, 0.25) is 0 Å². The number of aliphatic carboxylic acids is 1. The molecule has 1 N–H and O–H groups in total. The van der Waals surface area contributed by atoms with E-state index >= 15 is 0 Å². The normalized spacial score (nSPS) is 18.9. The molecule has 1 saturated heterocycles. The van der Waals surface area contributed by atoms with Gasteiger partial charge in [0, 0.05) is 18.0 Å². The second kappa shape index (κ2) is 4.70. The first kappa shape index (κ1) is 13.3. The largest absolute Gasteiger partial charge is 0.481 e. The quantitative estimate of drug-likeness (QED) is 0.921. The summed E-state index contributed by atoms with van der Waals surface area (Å²) in [5.74, 6) is 0.638. The molecule has 2 aromatic heterocycles. The van der Waals surface area contributed by atoms with Crippen molar-refractivity contribution < 1.29 is 9.90 Å². The Bertz CT molecular complexity index is 695. The third-order valence-electron chi connectivity index (χ3n) is 3.96. The molecule has 3 rings (SSSR count). The zero-order chi connectivity index (χ0) is 14.4. The van der Waals surface area contributed by atoms with Crippen molar-refractivity contribution in [1.29, 1.82) is 0 Å². The number of aromatic nitrogens is 2. The molecule has 0 radical (unpaired) electrons. The van der Waals surface area contributed by atoms with Crippen LogP contribution in [0.15, 0.2) is 0 Å². The van der Waals surface area contributed by atoms with Crippen LogP contribution in [-0.2, 0) is 4.79 Å². The van der Waals surface area contributed by atoms with Gasteiger partial charge in [-0.05, 0) is 32.8 Å². The zero-order valence-corrected chi connectivity index (χ0v) is 12.6. The lowest BCUT2D eigenvalue weighted by Crippen LogP contribution is -2.24. The second-order valence-electron chi connectivity index (χ2n) is 5.33. The second-order valence-corrected chi connectivity index (χ2v) is 6.53. The first-order valence-corrected chi connectivity index (χ1v) is 7.51. The van der Waals surface area contributed by atoms with Gasteiger partial charge >= 0.3 is 5.97 Å². The van der Waals surface area contributed by atoms with Gasteiger partial charge in [-0.3, -0.25) is 4.79 Å². The maximum absolute atomic E-state index is 11.1. The topological polar surface area (TPSA) is 66.3 Å². The van der Waals surface area contributed by atoms with Gasteiger partial charge < -0.3 is 10.0 Å². The third-order valence-corrected chi connectivity index (χ3v) is 5.06. The molecule has 6 heteroatoms. The Balaban J connectivity index is 2.09. The average Bonchev–Trinajstić information content (AvgIpc) is 2.95. The summed E-state index contributed by atoms with van der Waals surface area (Å²) in [6.45, 7) is 7.34. The molecule has 2 aromatic rings. The van der Waals surface area contributed by atoms with Crippen LogP contribution < -0.4 is 4.90 Å². The van der Waals surface area contributed by atoms with E-state index in [9.17, 15) is 4.79 Å². The predicted molar refractivity (Wildman–Crippen MR) is 79.6 cm³/mol. The predicted octanol–water partition coefficient (Wildman–Crippen LogP) is 2.53.